The SMILES string of the molecule is Cc1c(C2CCNCC2)ccnc1OCc1cccc(C(F)(F)F)c1. The van der Waals surface area contributed by atoms with Crippen LogP contribution in [0, 0.1) is 6.92 Å². The Morgan fingerprint density at radius 1 is 1.20 bits per heavy atom. The molecular weight excluding hydrogens is 329 g/mol. The smallest absolute Gasteiger partial charge is 0.416 e. The minimum atomic E-state index is -4.35. The number of nitrogens with one attached hydrogen (secondary N) is 1. The fraction of sp³-hybridized carbons (Fsp3) is 0.421. The molecule has 1 fully saturated rings. The van der Waals surface area contributed by atoms with Gasteiger partial charge in [-0.15, -0.1) is 0 Å². The van der Waals surface area contributed by atoms with E-state index < -0.39 is 11.7 Å². The zero-order chi connectivity index (χ0) is 17.9. The lowest BCUT2D eigenvalue weighted by molar-refractivity contribution is -0.137. The summed E-state index contributed by atoms with van der Waals surface area (Å²) in [7, 11) is 0. The van der Waals surface area contributed by atoms with Gasteiger partial charge < -0.3 is 10.1 Å². The Bertz CT molecular complexity index is 725. The van der Waals surface area contributed by atoms with Crippen LogP contribution >= 0.6 is 0 Å². The maximum Gasteiger partial charge on any atom is 0.416 e. The zero-order valence-electron chi connectivity index (χ0n) is 14.1. The predicted octanol–water partition coefficient (Wildman–Crippen LogP) is 4.45. The second-order valence-corrected chi connectivity index (χ2v) is 6.34. The van der Waals surface area contributed by atoms with Crippen LogP contribution in [0.2, 0.25) is 0 Å². The van der Waals surface area contributed by atoms with Crippen molar-refractivity contribution in [3.8, 4) is 5.88 Å². The number of benzene rings is 1. The minimum absolute atomic E-state index is 0.0629. The fourth-order valence-electron chi connectivity index (χ4n) is 3.24. The first-order chi connectivity index (χ1) is 11.9. The van der Waals surface area contributed by atoms with Crippen LogP contribution in [-0.2, 0) is 12.8 Å². The van der Waals surface area contributed by atoms with Gasteiger partial charge in [0.05, 0.1) is 5.56 Å². The highest BCUT2D eigenvalue weighted by Gasteiger charge is 2.30. The van der Waals surface area contributed by atoms with E-state index in [1.807, 2.05) is 13.0 Å². The number of nitrogens with zero attached hydrogens (tertiary/aromatic N) is 1. The number of piperidine rings is 1. The molecular formula is C19H21F3N2O. The molecule has 0 amide bonds. The second-order valence-electron chi connectivity index (χ2n) is 6.34. The van der Waals surface area contributed by atoms with Crippen LogP contribution < -0.4 is 10.1 Å². The number of halogens is 3. The molecule has 0 spiro atoms. The Labute approximate surface area is 145 Å². The van der Waals surface area contributed by atoms with Crippen molar-refractivity contribution in [1.29, 1.82) is 0 Å². The molecule has 0 unspecified atom stereocenters. The predicted molar refractivity (Wildman–Crippen MR) is 89.6 cm³/mol. The summed E-state index contributed by atoms with van der Waals surface area (Å²) in [6.45, 7) is 4.01. The topological polar surface area (TPSA) is 34.2 Å². The summed E-state index contributed by atoms with van der Waals surface area (Å²) in [6, 6.07) is 7.22. The van der Waals surface area contributed by atoms with Crippen molar-refractivity contribution in [3.05, 3.63) is 58.8 Å². The molecule has 1 N–H and O–H groups in total. The molecule has 1 aliphatic rings. The van der Waals surface area contributed by atoms with Gasteiger partial charge in [-0.2, -0.15) is 13.2 Å². The van der Waals surface area contributed by atoms with Gasteiger partial charge in [0.2, 0.25) is 5.88 Å². The van der Waals surface area contributed by atoms with Gasteiger partial charge in [0, 0.05) is 11.8 Å². The summed E-state index contributed by atoms with van der Waals surface area (Å²) in [6.07, 6.45) is -0.499. The number of rotatable bonds is 4. The average Bonchev–Trinajstić information content (AvgIpc) is 2.61. The molecule has 6 heteroatoms. The molecule has 25 heavy (non-hydrogen) atoms. The molecule has 1 aliphatic heterocycles. The van der Waals surface area contributed by atoms with Crippen LogP contribution in [-0.4, -0.2) is 18.1 Å². The molecule has 3 nitrogen and oxygen atoms in total. The third-order valence-corrected chi connectivity index (χ3v) is 4.61. The molecule has 0 saturated carbocycles. The summed E-state index contributed by atoms with van der Waals surface area (Å²) < 4.78 is 44.1. The highest BCUT2D eigenvalue weighted by Crippen LogP contribution is 2.32. The van der Waals surface area contributed by atoms with Gasteiger partial charge in [-0.3, -0.25) is 0 Å². The highest BCUT2D eigenvalue weighted by molar-refractivity contribution is 5.36. The number of pyridine rings is 1. The fourth-order valence-corrected chi connectivity index (χ4v) is 3.24. The lowest BCUT2D eigenvalue weighted by Crippen LogP contribution is -2.27. The molecule has 1 aromatic heterocycles. The molecule has 1 aromatic carbocycles. The average molecular weight is 350 g/mol. The molecule has 2 aromatic rings. The van der Waals surface area contributed by atoms with Crippen molar-refractivity contribution in [2.45, 2.75) is 38.5 Å². The first-order valence-electron chi connectivity index (χ1n) is 8.40. The monoisotopic (exact) mass is 350 g/mol. The molecule has 0 aliphatic carbocycles. The van der Waals surface area contributed by atoms with E-state index in [1.54, 1.807) is 12.3 Å². The quantitative estimate of drug-likeness (QED) is 0.884. The standard InChI is InChI=1S/C19H21F3N2O/c1-13-17(15-5-8-23-9-6-15)7-10-24-18(13)25-12-14-3-2-4-16(11-14)19(20,21)22/h2-4,7,10-11,15,23H,5-6,8-9,12H2,1H3. The molecule has 1 saturated heterocycles. The van der Waals surface area contributed by atoms with Crippen molar-refractivity contribution < 1.29 is 17.9 Å². The van der Waals surface area contributed by atoms with E-state index in [2.05, 4.69) is 10.3 Å². The van der Waals surface area contributed by atoms with Crippen molar-refractivity contribution in [2.75, 3.05) is 13.1 Å². The van der Waals surface area contributed by atoms with Crippen molar-refractivity contribution in [2.24, 2.45) is 0 Å². The van der Waals surface area contributed by atoms with Crippen LogP contribution in [0.5, 0.6) is 5.88 Å². The van der Waals surface area contributed by atoms with E-state index in [-0.39, 0.29) is 6.61 Å². The Balaban J connectivity index is 1.73. The van der Waals surface area contributed by atoms with Gasteiger partial charge >= 0.3 is 6.18 Å². The van der Waals surface area contributed by atoms with Crippen molar-refractivity contribution >= 4 is 0 Å². The van der Waals surface area contributed by atoms with Crippen molar-refractivity contribution in [1.82, 2.24) is 10.3 Å². The van der Waals surface area contributed by atoms with Crippen LogP contribution in [0.25, 0.3) is 0 Å². The molecule has 3 rings (SSSR count). The highest BCUT2D eigenvalue weighted by atomic mass is 19.4. The van der Waals surface area contributed by atoms with E-state index in [1.165, 1.54) is 11.6 Å². The van der Waals surface area contributed by atoms with Gasteiger partial charge in [-0.25, -0.2) is 4.98 Å². The Morgan fingerprint density at radius 2 is 1.96 bits per heavy atom. The van der Waals surface area contributed by atoms with E-state index in [0.717, 1.165) is 43.6 Å². The number of aromatic nitrogens is 1. The van der Waals surface area contributed by atoms with Crippen LogP contribution in [0.15, 0.2) is 36.5 Å². The molecule has 0 bridgehead atoms. The van der Waals surface area contributed by atoms with Crippen LogP contribution in [0.4, 0.5) is 13.2 Å². The van der Waals surface area contributed by atoms with E-state index in [4.69, 9.17) is 4.74 Å². The molecule has 0 atom stereocenters. The number of hydrogen-bond acceptors (Lipinski definition) is 3. The third-order valence-electron chi connectivity index (χ3n) is 4.61. The first-order valence-corrected chi connectivity index (χ1v) is 8.40. The lowest BCUT2D eigenvalue weighted by Gasteiger charge is -2.25. The Morgan fingerprint density at radius 3 is 2.68 bits per heavy atom. The van der Waals surface area contributed by atoms with Crippen LogP contribution in [0.3, 0.4) is 0 Å². The molecule has 2 heterocycles. The van der Waals surface area contributed by atoms with Gasteiger partial charge in [0.15, 0.2) is 0 Å². The summed E-state index contributed by atoms with van der Waals surface area (Å²) in [5, 5.41) is 3.34. The number of hydrogen-bond donors (Lipinski definition) is 1. The zero-order valence-corrected chi connectivity index (χ0v) is 14.1. The maximum atomic E-state index is 12.8. The van der Waals surface area contributed by atoms with Crippen LogP contribution in [0.1, 0.15) is 41.0 Å². The van der Waals surface area contributed by atoms with E-state index in [0.29, 0.717) is 17.4 Å². The number of ether oxygens (including phenoxy) is 1. The second kappa shape index (κ2) is 7.44. The summed E-state index contributed by atoms with van der Waals surface area (Å²) in [5.74, 6) is 0.966. The maximum absolute atomic E-state index is 12.8. The van der Waals surface area contributed by atoms with E-state index >= 15 is 0 Å². The van der Waals surface area contributed by atoms with E-state index in [9.17, 15) is 13.2 Å². The Kier molecular flexibility index (Phi) is 5.27. The van der Waals surface area contributed by atoms with Gasteiger partial charge in [-0.1, -0.05) is 12.1 Å². The minimum Gasteiger partial charge on any atom is -0.473 e. The lowest BCUT2D eigenvalue weighted by atomic mass is 9.88. The largest absolute Gasteiger partial charge is 0.473 e. The van der Waals surface area contributed by atoms with Gasteiger partial charge in [0.1, 0.15) is 6.61 Å². The summed E-state index contributed by atoms with van der Waals surface area (Å²) >= 11 is 0. The molecule has 134 valence electrons. The summed E-state index contributed by atoms with van der Waals surface area (Å²) in [5.41, 5.74) is 2.00. The molecule has 0 radical (unpaired) electrons. The Hall–Kier alpha value is -2.08. The third kappa shape index (κ3) is 4.31. The van der Waals surface area contributed by atoms with Gasteiger partial charge in [-0.05, 0) is 68.1 Å². The van der Waals surface area contributed by atoms with Gasteiger partial charge in [0.25, 0.3) is 0 Å². The summed E-state index contributed by atoms with van der Waals surface area (Å²) in [4.78, 5) is 4.26. The normalized spacial score (nSPS) is 16.0. The number of alkyl halides is 3. The first kappa shape index (κ1) is 17.7. The van der Waals surface area contributed by atoms with Crippen molar-refractivity contribution in [3.63, 3.8) is 0 Å².